The van der Waals surface area contributed by atoms with Gasteiger partial charge in [-0.15, -0.1) is 0 Å². The molecule has 2 radical (unpaired) electrons. The molecular weight excluding hydrogens is 423 g/mol. The second-order valence-corrected chi connectivity index (χ2v) is 10.4. The molecular formula is C20H24S2Sn. The van der Waals surface area contributed by atoms with Crippen LogP contribution in [-0.4, -0.2) is 21.1 Å². The van der Waals surface area contributed by atoms with Crippen molar-refractivity contribution in [3.05, 3.63) is 65.2 Å². The van der Waals surface area contributed by atoms with Crippen LogP contribution in [-0.2, 0) is 6.42 Å². The van der Waals surface area contributed by atoms with Crippen LogP contribution in [0.5, 0.6) is 0 Å². The summed E-state index contributed by atoms with van der Waals surface area (Å²) < 4.78 is 2.94. The van der Waals surface area contributed by atoms with E-state index in [1.165, 1.54) is 28.4 Å². The van der Waals surface area contributed by atoms with Crippen LogP contribution in [0, 0.1) is 0 Å². The fourth-order valence-electron chi connectivity index (χ4n) is 2.42. The van der Waals surface area contributed by atoms with E-state index in [0.29, 0.717) is 0 Å². The molecule has 0 nitrogen and oxygen atoms in total. The number of unbranched alkanes of at least 4 members (excludes halogenated alkanes) is 1. The van der Waals surface area contributed by atoms with Crippen molar-refractivity contribution >= 4 is 59.8 Å². The van der Waals surface area contributed by atoms with Gasteiger partial charge in [0.05, 0.1) is 0 Å². The molecule has 0 fully saturated rings. The zero-order valence-electron chi connectivity index (χ0n) is 13.8. The standard InChI is InChI=1S/C16H15S2.C4H9.Sn/c1-2-12-7-6-10-14(11-12)16(18)15(17)13-8-4-3-5-9-13;1-3-4-2;/h3-9,11,17-18H,2H2,1H3;1,3-4H2,2H3;/b16-15-;;. The van der Waals surface area contributed by atoms with Crippen LogP contribution in [0.4, 0.5) is 0 Å². The molecule has 0 N–H and O–H groups in total. The Morgan fingerprint density at radius 2 is 1.70 bits per heavy atom. The monoisotopic (exact) mass is 448 g/mol. The molecule has 0 heterocycles. The van der Waals surface area contributed by atoms with Crippen LogP contribution in [0.2, 0.25) is 4.44 Å². The first-order valence-electron chi connectivity index (χ1n) is 8.22. The van der Waals surface area contributed by atoms with Crippen LogP contribution in [0.25, 0.3) is 9.81 Å². The molecule has 0 saturated carbocycles. The van der Waals surface area contributed by atoms with E-state index in [1.807, 2.05) is 18.2 Å². The van der Waals surface area contributed by atoms with Gasteiger partial charge in [-0.1, -0.05) is 0 Å². The van der Waals surface area contributed by atoms with Gasteiger partial charge in [0, 0.05) is 0 Å². The Kier molecular flexibility index (Phi) is 8.14. The number of hydrogen-bond acceptors (Lipinski definition) is 2. The van der Waals surface area contributed by atoms with Gasteiger partial charge in [0.2, 0.25) is 0 Å². The van der Waals surface area contributed by atoms with Crippen molar-refractivity contribution in [2.75, 3.05) is 0 Å². The first-order chi connectivity index (χ1) is 11.2. The van der Waals surface area contributed by atoms with E-state index >= 15 is 0 Å². The number of thiol groups is 2. The van der Waals surface area contributed by atoms with Gasteiger partial charge in [0.15, 0.2) is 0 Å². The van der Waals surface area contributed by atoms with Gasteiger partial charge in [0.1, 0.15) is 0 Å². The quantitative estimate of drug-likeness (QED) is 0.239. The summed E-state index contributed by atoms with van der Waals surface area (Å²) in [6.45, 7) is 4.47. The summed E-state index contributed by atoms with van der Waals surface area (Å²) in [6, 6.07) is 17.3. The van der Waals surface area contributed by atoms with Crippen molar-refractivity contribution < 1.29 is 0 Å². The zero-order chi connectivity index (χ0) is 16.7. The van der Waals surface area contributed by atoms with E-state index in [9.17, 15) is 0 Å². The third kappa shape index (κ3) is 5.33. The van der Waals surface area contributed by atoms with E-state index in [-0.39, 0.29) is 0 Å². The molecule has 0 bridgehead atoms. The molecule has 0 aliphatic rings. The van der Waals surface area contributed by atoms with E-state index in [1.54, 1.807) is 3.58 Å². The normalized spacial score (nSPS) is 12.2. The Balaban J connectivity index is 2.42. The van der Waals surface area contributed by atoms with Gasteiger partial charge in [-0.25, -0.2) is 0 Å². The van der Waals surface area contributed by atoms with Crippen molar-refractivity contribution in [2.24, 2.45) is 0 Å². The Hall–Kier alpha value is -0.321. The molecule has 0 unspecified atom stereocenters. The Morgan fingerprint density at radius 3 is 2.35 bits per heavy atom. The summed E-state index contributed by atoms with van der Waals surface area (Å²) in [5.74, 6) is 0. The molecule has 0 amide bonds. The fourth-order valence-corrected chi connectivity index (χ4v) is 7.27. The SMILES string of the molecule is CCC[CH2][Sn][c]1ccc(CC)cc1/C(S)=C(/S)c1ccccc1. The van der Waals surface area contributed by atoms with Crippen LogP contribution in [0.15, 0.2) is 48.5 Å². The van der Waals surface area contributed by atoms with Crippen LogP contribution < -0.4 is 3.58 Å². The zero-order valence-corrected chi connectivity index (χ0v) is 18.5. The number of benzene rings is 2. The molecule has 23 heavy (non-hydrogen) atoms. The average molecular weight is 447 g/mol. The molecule has 0 aliphatic carbocycles. The minimum absolute atomic E-state index is 0.549. The second kappa shape index (κ2) is 9.85. The van der Waals surface area contributed by atoms with E-state index in [4.69, 9.17) is 25.3 Å². The molecule has 3 heteroatoms. The van der Waals surface area contributed by atoms with Gasteiger partial charge < -0.3 is 0 Å². The van der Waals surface area contributed by atoms with Crippen LogP contribution in [0.3, 0.4) is 0 Å². The van der Waals surface area contributed by atoms with Crippen molar-refractivity contribution in [2.45, 2.75) is 37.5 Å². The first kappa shape index (κ1) is 19.0. The first-order valence-corrected chi connectivity index (χ1v) is 12.6. The van der Waals surface area contributed by atoms with Gasteiger partial charge in [0.25, 0.3) is 0 Å². The average Bonchev–Trinajstić information content (AvgIpc) is 2.61. The molecule has 0 aromatic heterocycles. The van der Waals surface area contributed by atoms with Crippen LogP contribution in [0.1, 0.15) is 43.4 Å². The summed E-state index contributed by atoms with van der Waals surface area (Å²) in [5.41, 5.74) is 3.82. The Morgan fingerprint density at radius 1 is 0.957 bits per heavy atom. The Labute approximate surface area is 161 Å². The van der Waals surface area contributed by atoms with Gasteiger partial charge >= 0.3 is 163 Å². The summed E-state index contributed by atoms with van der Waals surface area (Å²) >= 11 is 9.08. The third-order valence-electron chi connectivity index (χ3n) is 3.86. The topological polar surface area (TPSA) is 0 Å². The molecule has 0 atom stereocenters. The summed E-state index contributed by atoms with van der Waals surface area (Å²) in [5, 5.41) is 0. The fraction of sp³-hybridized carbons (Fsp3) is 0.300. The maximum atomic E-state index is 4.86. The van der Waals surface area contributed by atoms with Crippen LogP contribution >= 0.6 is 25.3 Å². The van der Waals surface area contributed by atoms with Crippen molar-refractivity contribution in [1.29, 1.82) is 0 Å². The number of aryl methyl sites for hydroxylation is 1. The number of rotatable bonds is 7. The predicted molar refractivity (Wildman–Crippen MR) is 112 cm³/mol. The Bertz CT molecular complexity index is 663. The van der Waals surface area contributed by atoms with Gasteiger partial charge in [-0.05, 0) is 0 Å². The van der Waals surface area contributed by atoms with Crippen molar-refractivity contribution in [3.8, 4) is 0 Å². The summed E-state index contributed by atoms with van der Waals surface area (Å²) in [6.07, 6.45) is 3.69. The maximum absolute atomic E-state index is 4.86. The second-order valence-electron chi connectivity index (χ2n) is 5.58. The summed E-state index contributed by atoms with van der Waals surface area (Å²) in [4.78, 5) is 1.99. The van der Waals surface area contributed by atoms with E-state index < -0.39 is 21.1 Å². The molecule has 0 spiro atoms. The molecule has 0 saturated heterocycles. The molecule has 2 aromatic rings. The molecule has 0 aliphatic heterocycles. The molecule has 2 rings (SSSR count). The van der Waals surface area contributed by atoms with E-state index in [2.05, 4.69) is 44.2 Å². The van der Waals surface area contributed by atoms with Crippen molar-refractivity contribution in [1.82, 2.24) is 0 Å². The predicted octanol–water partition coefficient (Wildman–Crippen LogP) is 5.48. The number of hydrogen-bond donors (Lipinski definition) is 2. The molecule has 120 valence electrons. The van der Waals surface area contributed by atoms with Gasteiger partial charge in [-0.2, -0.15) is 0 Å². The molecule has 2 aromatic carbocycles. The third-order valence-corrected chi connectivity index (χ3v) is 9.04. The van der Waals surface area contributed by atoms with E-state index in [0.717, 1.165) is 21.8 Å². The van der Waals surface area contributed by atoms with Crippen molar-refractivity contribution in [3.63, 3.8) is 0 Å². The summed E-state index contributed by atoms with van der Waals surface area (Å²) in [7, 11) is 0. The van der Waals surface area contributed by atoms with Gasteiger partial charge in [-0.3, -0.25) is 0 Å². The minimum atomic E-state index is -0.549.